The zero-order chi connectivity index (χ0) is 16.4. The monoisotopic (exact) mass is 322 g/mol. The van der Waals surface area contributed by atoms with E-state index in [1.807, 2.05) is 13.1 Å². The Morgan fingerprint density at radius 2 is 1.55 bits per heavy atom. The Morgan fingerprint density at radius 3 is 1.85 bits per heavy atom. The molecule has 0 N–H and O–H groups in total. The zero-order valence-electron chi connectivity index (χ0n) is 13.8. The summed E-state index contributed by atoms with van der Waals surface area (Å²) in [5, 5.41) is -0.716. The second-order valence-electron chi connectivity index (χ2n) is 7.46. The number of esters is 1. The van der Waals surface area contributed by atoms with Crippen LogP contribution in [0, 0.1) is 0 Å². The summed E-state index contributed by atoms with van der Waals surface area (Å²) in [5.74, 6) is -0.477. The lowest BCUT2D eigenvalue weighted by atomic mass is 10.2. The smallest absolute Gasteiger partial charge is 0.309 e. The first-order valence-electron chi connectivity index (χ1n) is 6.75. The van der Waals surface area contributed by atoms with Crippen molar-refractivity contribution in [3.8, 4) is 0 Å². The van der Waals surface area contributed by atoms with Crippen molar-refractivity contribution in [3.63, 3.8) is 0 Å². The van der Waals surface area contributed by atoms with Gasteiger partial charge in [-0.3, -0.25) is 9.59 Å². The van der Waals surface area contributed by atoms with E-state index in [4.69, 9.17) is 20.8 Å². The van der Waals surface area contributed by atoms with Crippen molar-refractivity contribution in [2.75, 3.05) is 0 Å². The van der Waals surface area contributed by atoms with Crippen LogP contribution < -0.4 is 0 Å². The first-order valence-corrected chi connectivity index (χ1v) is 10.0. The Labute approximate surface area is 128 Å². The first kappa shape index (κ1) is 19.6. The van der Waals surface area contributed by atoms with Crippen LogP contribution in [-0.2, 0) is 18.8 Å². The van der Waals surface area contributed by atoms with Gasteiger partial charge >= 0.3 is 5.97 Å². The van der Waals surface area contributed by atoms with Crippen LogP contribution in [0.2, 0.25) is 18.1 Å². The second kappa shape index (κ2) is 6.58. The van der Waals surface area contributed by atoms with E-state index in [9.17, 15) is 9.59 Å². The van der Waals surface area contributed by atoms with Gasteiger partial charge in [0.25, 0.3) is 0 Å². The van der Waals surface area contributed by atoms with Gasteiger partial charge in [-0.1, -0.05) is 20.8 Å². The third kappa shape index (κ3) is 6.86. The molecule has 0 aromatic heterocycles. The van der Waals surface area contributed by atoms with E-state index in [2.05, 4.69) is 20.8 Å². The SMILES string of the molecule is CC(C)(C)OC(=O)C[C@H](O[Si](C)(C)C(C)(C)C)C(=O)Cl. The normalized spacial score (nSPS) is 14.8. The molecule has 0 saturated heterocycles. The molecule has 0 saturated carbocycles. The van der Waals surface area contributed by atoms with E-state index in [0.29, 0.717) is 0 Å². The summed E-state index contributed by atoms with van der Waals surface area (Å²) in [4.78, 5) is 23.3. The fourth-order valence-corrected chi connectivity index (χ4v) is 2.69. The molecule has 0 rings (SSSR count). The molecule has 118 valence electrons. The maximum atomic E-state index is 11.8. The van der Waals surface area contributed by atoms with Gasteiger partial charge in [0.1, 0.15) is 11.7 Å². The van der Waals surface area contributed by atoms with Gasteiger partial charge in [-0.2, -0.15) is 0 Å². The van der Waals surface area contributed by atoms with Crippen LogP contribution in [0.3, 0.4) is 0 Å². The highest BCUT2D eigenvalue weighted by molar-refractivity contribution is 6.75. The molecule has 0 aliphatic rings. The van der Waals surface area contributed by atoms with Gasteiger partial charge in [0.05, 0.1) is 6.42 Å². The Hall–Kier alpha value is -0.393. The predicted molar refractivity (Wildman–Crippen MR) is 83.4 cm³/mol. The van der Waals surface area contributed by atoms with Gasteiger partial charge < -0.3 is 9.16 Å². The van der Waals surface area contributed by atoms with Crippen LogP contribution in [0.5, 0.6) is 0 Å². The zero-order valence-corrected chi connectivity index (χ0v) is 15.6. The summed E-state index contributed by atoms with van der Waals surface area (Å²) in [7, 11) is -2.17. The highest BCUT2D eigenvalue weighted by Crippen LogP contribution is 2.37. The van der Waals surface area contributed by atoms with Crippen molar-refractivity contribution in [1.29, 1.82) is 0 Å². The largest absolute Gasteiger partial charge is 0.460 e. The van der Waals surface area contributed by atoms with Crippen LogP contribution in [0.4, 0.5) is 0 Å². The fraction of sp³-hybridized carbons (Fsp3) is 0.857. The molecule has 4 nitrogen and oxygen atoms in total. The fourth-order valence-electron chi connectivity index (χ4n) is 1.24. The topological polar surface area (TPSA) is 52.6 Å². The number of halogens is 1. The van der Waals surface area contributed by atoms with Gasteiger partial charge in [-0.25, -0.2) is 0 Å². The van der Waals surface area contributed by atoms with Crippen molar-refractivity contribution in [3.05, 3.63) is 0 Å². The predicted octanol–water partition coefficient (Wildman–Crippen LogP) is 3.87. The van der Waals surface area contributed by atoms with Crippen molar-refractivity contribution >= 4 is 31.1 Å². The lowest BCUT2D eigenvalue weighted by Crippen LogP contribution is -2.46. The maximum Gasteiger partial charge on any atom is 0.309 e. The number of hydrogen-bond acceptors (Lipinski definition) is 4. The third-order valence-corrected chi connectivity index (χ3v) is 8.00. The first-order chi connectivity index (χ1) is 8.66. The van der Waals surface area contributed by atoms with E-state index < -0.39 is 31.2 Å². The summed E-state index contributed by atoms with van der Waals surface area (Å²) < 4.78 is 11.1. The highest BCUT2D eigenvalue weighted by Gasteiger charge is 2.41. The van der Waals surface area contributed by atoms with Gasteiger partial charge in [-0.05, 0) is 50.5 Å². The molecule has 0 aromatic rings. The van der Waals surface area contributed by atoms with Crippen LogP contribution in [-0.4, -0.2) is 31.2 Å². The van der Waals surface area contributed by atoms with Crippen molar-refractivity contribution in [2.24, 2.45) is 0 Å². The molecular weight excluding hydrogens is 296 g/mol. The average molecular weight is 323 g/mol. The lowest BCUT2D eigenvalue weighted by molar-refractivity contribution is -0.157. The third-order valence-electron chi connectivity index (χ3n) is 3.27. The van der Waals surface area contributed by atoms with E-state index in [1.165, 1.54) is 0 Å². The number of carbonyl (C=O) groups excluding carboxylic acids is 2. The van der Waals surface area contributed by atoms with Crippen LogP contribution in [0.15, 0.2) is 0 Å². The molecule has 0 aliphatic heterocycles. The van der Waals surface area contributed by atoms with E-state index in [1.54, 1.807) is 20.8 Å². The quantitative estimate of drug-likeness (QED) is 0.438. The van der Waals surface area contributed by atoms with Gasteiger partial charge in [-0.15, -0.1) is 0 Å². The Kier molecular flexibility index (Phi) is 6.45. The number of rotatable bonds is 5. The Bertz CT molecular complexity index is 366. The Balaban J connectivity index is 4.86. The summed E-state index contributed by atoms with van der Waals surface area (Å²) in [6.07, 6.45) is -1.08. The molecule has 0 radical (unpaired) electrons. The molecule has 0 spiro atoms. The van der Waals surface area contributed by atoms with Gasteiger partial charge in [0.15, 0.2) is 8.32 Å². The number of carbonyl (C=O) groups is 2. The van der Waals surface area contributed by atoms with E-state index >= 15 is 0 Å². The molecular formula is C14H27ClO4Si. The number of ether oxygens (including phenoxy) is 1. The number of hydrogen-bond donors (Lipinski definition) is 0. The van der Waals surface area contributed by atoms with Crippen molar-refractivity contribution in [2.45, 2.75) is 77.8 Å². The van der Waals surface area contributed by atoms with Crippen molar-refractivity contribution in [1.82, 2.24) is 0 Å². The van der Waals surface area contributed by atoms with Gasteiger partial charge in [0.2, 0.25) is 5.24 Å². The molecule has 0 aliphatic carbocycles. The van der Waals surface area contributed by atoms with E-state index in [-0.39, 0.29) is 11.5 Å². The van der Waals surface area contributed by atoms with Crippen molar-refractivity contribution < 1.29 is 18.8 Å². The summed E-state index contributed by atoms with van der Waals surface area (Å²) in [5.41, 5.74) is -0.589. The standard InChI is InChI=1S/C14H27ClO4Si/c1-13(2,3)18-11(16)9-10(12(15)17)19-20(7,8)14(4,5)6/h10H,9H2,1-8H3/t10-/m0/s1. The molecule has 0 bridgehead atoms. The average Bonchev–Trinajstić information content (AvgIpc) is 2.10. The maximum absolute atomic E-state index is 11.8. The van der Waals surface area contributed by atoms with Crippen LogP contribution in [0.25, 0.3) is 0 Å². The molecule has 6 heteroatoms. The summed E-state index contributed by atoms with van der Waals surface area (Å²) >= 11 is 5.57. The highest BCUT2D eigenvalue weighted by atomic mass is 35.5. The Morgan fingerprint density at radius 1 is 1.10 bits per heavy atom. The lowest BCUT2D eigenvalue weighted by Gasteiger charge is -2.38. The van der Waals surface area contributed by atoms with Crippen LogP contribution in [0.1, 0.15) is 48.0 Å². The molecule has 20 heavy (non-hydrogen) atoms. The molecule has 0 unspecified atom stereocenters. The minimum absolute atomic E-state index is 0.0640. The molecule has 0 amide bonds. The molecule has 0 heterocycles. The minimum atomic E-state index is -2.17. The van der Waals surface area contributed by atoms with Gasteiger partial charge in [0, 0.05) is 0 Å². The summed E-state index contributed by atoms with van der Waals surface area (Å²) in [6.45, 7) is 15.5. The van der Waals surface area contributed by atoms with Crippen LogP contribution >= 0.6 is 11.6 Å². The molecule has 0 aromatic carbocycles. The van der Waals surface area contributed by atoms with E-state index in [0.717, 1.165) is 0 Å². The summed E-state index contributed by atoms with van der Waals surface area (Å²) in [6, 6.07) is 0. The molecule has 1 atom stereocenters. The molecule has 0 fully saturated rings. The minimum Gasteiger partial charge on any atom is -0.460 e. The second-order valence-corrected chi connectivity index (χ2v) is 12.6.